The van der Waals surface area contributed by atoms with Crippen LogP contribution in [-0.4, -0.2) is 24.7 Å². The number of aromatic nitrogens is 5. The Balaban J connectivity index is 1.87. The summed E-state index contributed by atoms with van der Waals surface area (Å²) in [4.78, 5) is 13.4. The Morgan fingerprint density at radius 1 is 1.08 bits per heavy atom. The molecule has 0 unspecified atom stereocenters. The van der Waals surface area contributed by atoms with Crippen LogP contribution in [0.15, 0.2) is 54.9 Å². The summed E-state index contributed by atoms with van der Waals surface area (Å²) >= 11 is 0. The second-order valence-corrected chi connectivity index (χ2v) is 5.54. The van der Waals surface area contributed by atoms with E-state index in [-0.39, 0.29) is 0 Å². The van der Waals surface area contributed by atoms with Gasteiger partial charge in [0, 0.05) is 29.4 Å². The van der Waals surface area contributed by atoms with E-state index in [0.717, 1.165) is 33.7 Å². The summed E-state index contributed by atoms with van der Waals surface area (Å²) in [6.07, 6.45) is 3.56. The molecule has 0 aliphatic carbocycles. The van der Waals surface area contributed by atoms with Crippen molar-refractivity contribution in [2.75, 3.05) is 0 Å². The molecule has 0 aliphatic heterocycles. The highest BCUT2D eigenvalue weighted by atomic mass is 15.3. The number of nitrogens with zero attached hydrogens (tertiary/aromatic N) is 5. The number of hydrogen-bond donors (Lipinski definition) is 1. The van der Waals surface area contributed by atoms with E-state index in [1.165, 1.54) is 0 Å². The monoisotopic (exact) mass is 316 g/mol. The van der Waals surface area contributed by atoms with E-state index in [9.17, 15) is 0 Å². The molecule has 6 heteroatoms. The lowest BCUT2D eigenvalue weighted by Gasteiger charge is -2.06. The van der Waals surface area contributed by atoms with Crippen molar-refractivity contribution in [3.8, 4) is 17.2 Å². The van der Waals surface area contributed by atoms with Crippen molar-refractivity contribution in [1.29, 1.82) is 0 Å². The van der Waals surface area contributed by atoms with Gasteiger partial charge in [-0.2, -0.15) is 5.10 Å². The Bertz CT molecular complexity index is 1020. The van der Waals surface area contributed by atoms with Gasteiger partial charge in [0.05, 0.1) is 17.4 Å². The molecule has 2 N–H and O–H groups in total. The largest absolute Gasteiger partial charge is 0.325 e. The van der Waals surface area contributed by atoms with Crippen molar-refractivity contribution in [1.82, 2.24) is 24.7 Å². The molecule has 0 bridgehead atoms. The van der Waals surface area contributed by atoms with Crippen molar-refractivity contribution in [2.24, 2.45) is 5.73 Å². The topological polar surface area (TPSA) is 82.5 Å². The van der Waals surface area contributed by atoms with E-state index in [2.05, 4.69) is 20.1 Å². The van der Waals surface area contributed by atoms with Crippen LogP contribution < -0.4 is 5.73 Å². The first kappa shape index (κ1) is 14.5. The summed E-state index contributed by atoms with van der Waals surface area (Å²) in [6, 6.07) is 13.7. The standard InChI is InChI=1S/C18H16N6/c1-12-3-2-4-17(22-12)24-16-9-13(5-6-14(16)11-21-24)18-20-8-7-15(10-19)23-18/h2-9,11H,10,19H2,1H3. The van der Waals surface area contributed by atoms with Crippen LogP contribution in [0.4, 0.5) is 0 Å². The Morgan fingerprint density at radius 3 is 2.83 bits per heavy atom. The average Bonchev–Trinajstić information content (AvgIpc) is 3.05. The van der Waals surface area contributed by atoms with E-state index in [4.69, 9.17) is 5.73 Å². The molecule has 4 aromatic rings. The van der Waals surface area contributed by atoms with Crippen LogP contribution in [0, 0.1) is 6.92 Å². The predicted octanol–water partition coefficient (Wildman–Crippen LogP) is 2.64. The van der Waals surface area contributed by atoms with Gasteiger partial charge in [-0.05, 0) is 31.2 Å². The van der Waals surface area contributed by atoms with E-state index < -0.39 is 0 Å². The Morgan fingerprint density at radius 2 is 2.00 bits per heavy atom. The molecule has 0 spiro atoms. The first-order valence-corrected chi connectivity index (χ1v) is 7.69. The van der Waals surface area contributed by atoms with Gasteiger partial charge in [0.1, 0.15) is 0 Å². The molecule has 0 saturated heterocycles. The molecule has 4 rings (SSSR count). The number of rotatable bonds is 3. The van der Waals surface area contributed by atoms with E-state index >= 15 is 0 Å². The highest BCUT2D eigenvalue weighted by Crippen LogP contribution is 2.23. The molecule has 0 amide bonds. The van der Waals surface area contributed by atoms with Gasteiger partial charge in [-0.3, -0.25) is 0 Å². The molecule has 0 aliphatic rings. The van der Waals surface area contributed by atoms with Crippen molar-refractivity contribution in [3.05, 3.63) is 66.2 Å². The van der Waals surface area contributed by atoms with Crippen LogP contribution in [0.5, 0.6) is 0 Å². The SMILES string of the molecule is Cc1cccc(-n2ncc3ccc(-c4nccc(CN)n4)cc32)n1. The van der Waals surface area contributed by atoms with Crippen LogP contribution >= 0.6 is 0 Å². The lowest BCUT2D eigenvalue weighted by Crippen LogP contribution is -2.02. The van der Waals surface area contributed by atoms with Gasteiger partial charge in [-0.25, -0.2) is 19.6 Å². The molecule has 3 heterocycles. The van der Waals surface area contributed by atoms with Crippen LogP contribution in [0.3, 0.4) is 0 Å². The van der Waals surface area contributed by atoms with E-state index in [1.807, 2.05) is 60.3 Å². The Hall–Kier alpha value is -3.12. The number of aryl methyl sites for hydroxylation is 1. The molecule has 0 radical (unpaired) electrons. The minimum atomic E-state index is 0.392. The third kappa shape index (κ3) is 2.53. The molecule has 6 nitrogen and oxygen atoms in total. The molecule has 0 saturated carbocycles. The maximum Gasteiger partial charge on any atom is 0.159 e. The zero-order chi connectivity index (χ0) is 16.5. The molecule has 24 heavy (non-hydrogen) atoms. The number of hydrogen-bond acceptors (Lipinski definition) is 5. The summed E-state index contributed by atoms with van der Waals surface area (Å²) in [5, 5.41) is 5.51. The average molecular weight is 316 g/mol. The molecular formula is C18H16N6. The van der Waals surface area contributed by atoms with Gasteiger partial charge in [-0.1, -0.05) is 18.2 Å². The fourth-order valence-corrected chi connectivity index (χ4v) is 2.64. The van der Waals surface area contributed by atoms with Crippen molar-refractivity contribution < 1.29 is 0 Å². The van der Waals surface area contributed by atoms with Crippen molar-refractivity contribution >= 4 is 10.9 Å². The Kier molecular flexibility index (Phi) is 3.51. The van der Waals surface area contributed by atoms with Gasteiger partial charge < -0.3 is 5.73 Å². The van der Waals surface area contributed by atoms with Crippen LogP contribution in [0.25, 0.3) is 28.1 Å². The fraction of sp³-hybridized carbons (Fsp3) is 0.111. The highest BCUT2D eigenvalue weighted by molar-refractivity contribution is 5.84. The Labute approximate surface area is 139 Å². The normalized spacial score (nSPS) is 11.1. The summed E-state index contributed by atoms with van der Waals surface area (Å²) in [7, 11) is 0. The first-order chi connectivity index (χ1) is 11.7. The molecule has 0 atom stereocenters. The first-order valence-electron chi connectivity index (χ1n) is 7.69. The minimum absolute atomic E-state index is 0.392. The quantitative estimate of drug-likeness (QED) is 0.628. The molecule has 0 fully saturated rings. The zero-order valence-electron chi connectivity index (χ0n) is 13.2. The second-order valence-electron chi connectivity index (χ2n) is 5.54. The lowest BCUT2D eigenvalue weighted by molar-refractivity contribution is 0.867. The number of fused-ring (bicyclic) bond motifs is 1. The fourth-order valence-electron chi connectivity index (χ4n) is 2.64. The summed E-state index contributed by atoms with van der Waals surface area (Å²) < 4.78 is 1.83. The van der Waals surface area contributed by atoms with Crippen molar-refractivity contribution in [2.45, 2.75) is 13.5 Å². The van der Waals surface area contributed by atoms with Crippen LogP contribution in [0.1, 0.15) is 11.4 Å². The smallest absolute Gasteiger partial charge is 0.159 e. The maximum absolute atomic E-state index is 5.67. The summed E-state index contributed by atoms with van der Waals surface area (Å²) in [5.74, 6) is 1.45. The lowest BCUT2D eigenvalue weighted by atomic mass is 10.1. The van der Waals surface area contributed by atoms with Crippen LogP contribution in [-0.2, 0) is 6.54 Å². The second kappa shape index (κ2) is 5.82. The predicted molar refractivity (Wildman–Crippen MR) is 92.5 cm³/mol. The van der Waals surface area contributed by atoms with Gasteiger partial charge in [0.2, 0.25) is 0 Å². The summed E-state index contributed by atoms with van der Waals surface area (Å²) in [6.45, 7) is 2.36. The van der Waals surface area contributed by atoms with Crippen LogP contribution in [0.2, 0.25) is 0 Å². The van der Waals surface area contributed by atoms with E-state index in [1.54, 1.807) is 6.20 Å². The number of pyridine rings is 1. The maximum atomic E-state index is 5.67. The highest BCUT2D eigenvalue weighted by Gasteiger charge is 2.09. The molecule has 1 aromatic carbocycles. The number of nitrogens with two attached hydrogens (primary N) is 1. The molecular weight excluding hydrogens is 300 g/mol. The van der Waals surface area contributed by atoms with Gasteiger partial charge in [-0.15, -0.1) is 0 Å². The van der Waals surface area contributed by atoms with Crippen molar-refractivity contribution in [3.63, 3.8) is 0 Å². The number of benzene rings is 1. The third-order valence-corrected chi connectivity index (χ3v) is 3.84. The third-order valence-electron chi connectivity index (χ3n) is 3.84. The van der Waals surface area contributed by atoms with Gasteiger partial charge in [0.15, 0.2) is 11.6 Å². The molecule has 3 aromatic heterocycles. The van der Waals surface area contributed by atoms with Gasteiger partial charge >= 0.3 is 0 Å². The van der Waals surface area contributed by atoms with E-state index in [0.29, 0.717) is 12.4 Å². The zero-order valence-corrected chi connectivity index (χ0v) is 13.2. The van der Waals surface area contributed by atoms with Gasteiger partial charge in [0.25, 0.3) is 0 Å². The molecule has 118 valence electrons. The minimum Gasteiger partial charge on any atom is -0.325 e. The summed E-state index contributed by atoms with van der Waals surface area (Å²) in [5.41, 5.74) is 9.32.